The number of nitrogens with zero attached hydrogens (tertiary/aromatic N) is 1. The third kappa shape index (κ3) is 3.57. The largest absolute Gasteiger partial charge is 0.493 e. The lowest BCUT2D eigenvalue weighted by Gasteiger charge is -2.07. The number of rotatable bonds is 5. The molecule has 0 unspecified atom stereocenters. The number of nitrogens with one attached hydrogen (secondary N) is 1. The Morgan fingerprint density at radius 2 is 1.87 bits per heavy atom. The molecule has 0 aliphatic heterocycles. The average molecular weight is 324 g/mol. The van der Waals surface area contributed by atoms with Crippen molar-refractivity contribution in [3.8, 4) is 16.3 Å². The van der Waals surface area contributed by atoms with Gasteiger partial charge >= 0.3 is 0 Å². The van der Waals surface area contributed by atoms with Crippen molar-refractivity contribution in [1.29, 1.82) is 0 Å². The fourth-order valence-electron chi connectivity index (χ4n) is 2.14. The van der Waals surface area contributed by atoms with Gasteiger partial charge in [0.15, 0.2) is 0 Å². The van der Waals surface area contributed by atoms with Crippen LogP contribution in [0.25, 0.3) is 10.6 Å². The predicted molar refractivity (Wildman–Crippen MR) is 93.1 cm³/mol. The van der Waals surface area contributed by atoms with Gasteiger partial charge in [-0.25, -0.2) is 4.98 Å². The van der Waals surface area contributed by atoms with Gasteiger partial charge in [0, 0.05) is 11.1 Å². The number of carbonyl (C=O) groups is 1. The molecule has 1 heterocycles. The number of para-hydroxylation sites is 2. The van der Waals surface area contributed by atoms with Crippen molar-refractivity contribution in [1.82, 2.24) is 4.98 Å². The average Bonchev–Trinajstić information content (AvgIpc) is 3.07. The number of aromatic nitrogens is 1. The van der Waals surface area contributed by atoms with Crippen LogP contribution in [0.15, 0.2) is 60.0 Å². The highest BCUT2D eigenvalue weighted by molar-refractivity contribution is 7.13. The number of thiazole rings is 1. The van der Waals surface area contributed by atoms with Crippen LogP contribution in [0.2, 0.25) is 0 Å². The molecule has 5 heteroatoms. The lowest BCUT2D eigenvalue weighted by atomic mass is 10.2. The molecule has 3 rings (SSSR count). The second-order valence-corrected chi connectivity index (χ2v) is 5.65. The zero-order chi connectivity index (χ0) is 16.1. The van der Waals surface area contributed by atoms with Gasteiger partial charge in [-0.1, -0.05) is 30.3 Å². The fourth-order valence-corrected chi connectivity index (χ4v) is 2.97. The first-order valence-electron chi connectivity index (χ1n) is 7.32. The maximum absolute atomic E-state index is 12.3. The summed E-state index contributed by atoms with van der Waals surface area (Å²) < 4.78 is 5.62. The van der Waals surface area contributed by atoms with Crippen LogP contribution in [-0.2, 0) is 0 Å². The number of carbonyl (C=O) groups excluding carboxylic acids is 1. The van der Waals surface area contributed by atoms with Crippen LogP contribution in [0, 0.1) is 0 Å². The quantitative estimate of drug-likeness (QED) is 0.754. The molecule has 23 heavy (non-hydrogen) atoms. The third-order valence-electron chi connectivity index (χ3n) is 3.19. The van der Waals surface area contributed by atoms with Gasteiger partial charge in [0.05, 0.1) is 12.2 Å². The SMILES string of the molecule is CCOc1ccccc1-c1nc(C(=O)Nc2ccccc2)cs1. The predicted octanol–water partition coefficient (Wildman–Crippen LogP) is 4.46. The summed E-state index contributed by atoms with van der Waals surface area (Å²) in [6, 6.07) is 17.0. The maximum atomic E-state index is 12.3. The Morgan fingerprint density at radius 3 is 2.65 bits per heavy atom. The summed E-state index contributed by atoms with van der Waals surface area (Å²) in [5, 5.41) is 5.37. The molecule has 0 spiro atoms. The highest BCUT2D eigenvalue weighted by Crippen LogP contribution is 2.32. The molecule has 0 bridgehead atoms. The molecule has 0 radical (unpaired) electrons. The Labute approximate surface area is 138 Å². The van der Waals surface area contributed by atoms with Crippen molar-refractivity contribution in [3.05, 3.63) is 65.7 Å². The van der Waals surface area contributed by atoms with Gasteiger partial charge in [0.2, 0.25) is 0 Å². The van der Waals surface area contributed by atoms with Crippen molar-refractivity contribution in [2.24, 2.45) is 0 Å². The lowest BCUT2D eigenvalue weighted by Crippen LogP contribution is -2.12. The summed E-state index contributed by atoms with van der Waals surface area (Å²) in [4.78, 5) is 16.7. The Morgan fingerprint density at radius 1 is 1.13 bits per heavy atom. The number of ether oxygens (including phenoxy) is 1. The molecule has 2 aromatic carbocycles. The van der Waals surface area contributed by atoms with Gasteiger partial charge in [-0.05, 0) is 31.2 Å². The molecular weight excluding hydrogens is 308 g/mol. The van der Waals surface area contributed by atoms with E-state index in [-0.39, 0.29) is 5.91 Å². The molecule has 1 amide bonds. The summed E-state index contributed by atoms with van der Waals surface area (Å²) in [7, 11) is 0. The van der Waals surface area contributed by atoms with Crippen LogP contribution in [0.4, 0.5) is 5.69 Å². The summed E-state index contributed by atoms with van der Waals surface area (Å²) >= 11 is 1.43. The second-order valence-electron chi connectivity index (χ2n) is 4.79. The highest BCUT2D eigenvalue weighted by Gasteiger charge is 2.14. The van der Waals surface area contributed by atoms with Gasteiger partial charge in [-0.2, -0.15) is 0 Å². The monoisotopic (exact) mass is 324 g/mol. The second kappa shape index (κ2) is 7.07. The summed E-state index contributed by atoms with van der Waals surface area (Å²) in [6.45, 7) is 2.53. The van der Waals surface area contributed by atoms with E-state index in [1.165, 1.54) is 11.3 Å². The van der Waals surface area contributed by atoms with Crippen LogP contribution < -0.4 is 10.1 Å². The van der Waals surface area contributed by atoms with E-state index in [4.69, 9.17) is 4.74 Å². The van der Waals surface area contributed by atoms with E-state index in [2.05, 4.69) is 10.3 Å². The van der Waals surface area contributed by atoms with Crippen LogP contribution in [0.5, 0.6) is 5.75 Å². The molecule has 0 saturated heterocycles. The van der Waals surface area contributed by atoms with Crippen LogP contribution in [-0.4, -0.2) is 17.5 Å². The Hall–Kier alpha value is -2.66. The van der Waals surface area contributed by atoms with Gasteiger partial charge < -0.3 is 10.1 Å². The van der Waals surface area contributed by atoms with E-state index in [0.29, 0.717) is 12.3 Å². The first kappa shape index (κ1) is 15.2. The van der Waals surface area contributed by atoms with E-state index in [1.54, 1.807) is 5.38 Å². The van der Waals surface area contributed by atoms with Crippen LogP contribution in [0.1, 0.15) is 17.4 Å². The fraction of sp³-hybridized carbons (Fsp3) is 0.111. The van der Waals surface area contributed by atoms with Gasteiger partial charge in [-0.3, -0.25) is 4.79 Å². The van der Waals surface area contributed by atoms with E-state index in [1.807, 2.05) is 61.5 Å². The molecule has 4 nitrogen and oxygen atoms in total. The smallest absolute Gasteiger partial charge is 0.275 e. The van der Waals surface area contributed by atoms with E-state index < -0.39 is 0 Å². The molecule has 0 aliphatic carbocycles. The standard InChI is InChI=1S/C18H16N2O2S/c1-2-22-16-11-7-6-10-14(16)18-20-15(12-23-18)17(21)19-13-8-4-3-5-9-13/h3-12H,2H2,1H3,(H,19,21). The maximum Gasteiger partial charge on any atom is 0.275 e. The Balaban J connectivity index is 1.82. The first-order chi connectivity index (χ1) is 11.3. The summed E-state index contributed by atoms with van der Waals surface area (Å²) in [6.07, 6.45) is 0. The number of amides is 1. The zero-order valence-corrected chi connectivity index (χ0v) is 13.5. The molecule has 116 valence electrons. The molecule has 0 aliphatic rings. The Kier molecular flexibility index (Phi) is 4.68. The highest BCUT2D eigenvalue weighted by atomic mass is 32.1. The number of hydrogen-bond acceptors (Lipinski definition) is 4. The van der Waals surface area contributed by atoms with Crippen molar-refractivity contribution >= 4 is 22.9 Å². The number of benzene rings is 2. The van der Waals surface area contributed by atoms with E-state index in [9.17, 15) is 4.79 Å². The van der Waals surface area contributed by atoms with Crippen molar-refractivity contribution in [2.75, 3.05) is 11.9 Å². The Bertz CT molecular complexity index is 800. The normalized spacial score (nSPS) is 10.3. The summed E-state index contributed by atoms with van der Waals surface area (Å²) in [5.41, 5.74) is 2.06. The number of hydrogen-bond donors (Lipinski definition) is 1. The minimum Gasteiger partial charge on any atom is -0.493 e. The van der Waals surface area contributed by atoms with Crippen molar-refractivity contribution < 1.29 is 9.53 Å². The molecule has 0 saturated carbocycles. The van der Waals surface area contributed by atoms with E-state index in [0.717, 1.165) is 22.0 Å². The van der Waals surface area contributed by atoms with Crippen LogP contribution >= 0.6 is 11.3 Å². The molecule has 0 fully saturated rings. The molecule has 3 aromatic rings. The minimum absolute atomic E-state index is 0.215. The molecular formula is C18H16N2O2S. The topological polar surface area (TPSA) is 51.2 Å². The molecule has 1 N–H and O–H groups in total. The van der Waals surface area contributed by atoms with Gasteiger partial charge in [0.1, 0.15) is 16.5 Å². The van der Waals surface area contributed by atoms with Crippen molar-refractivity contribution in [3.63, 3.8) is 0 Å². The minimum atomic E-state index is -0.215. The summed E-state index contributed by atoms with van der Waals surface area (Å²) in [5.74, 6) is 0.562. The van der Waals surface area contributed by atoms with Gasteiger partial charge in [0.25, 0.3) is 5.91 Å². The van der Waals surface area contributed by atoms with E-state index >= 15 is 0 Å². The van der Waals surface area contributed by atoms with Crippen molar-refractivity contribution in [2.45, 2.75) is 6.92 Å². The van der Waals surface area contributed by atoms with Gasteiger partial charge in [-0.15, -0.1) is 11.3 Å². The first-order valence-corrected chi connectivity index (χ1v) is 8.20. The third-order valence-corrected chi connectivity index (χ3v) is 4.06. The number of anilines is 1. The molecule has 1 aromatic heterocycles. The lowest BCUT2D eigenvalue weighted by molar-refractivity contribution is 0.102. The zero-order valence-electron chi connectivity index (χ0n) is 12.7. The molecule has 0 atom stereocenters. The van der Waals surface area contributed by atoms with Crippen LogP contribution in [0.3, 0.4) is 0 Å².